The zero-order valence-electron chi connectivity index (χ0n) is 17.3. The standard InChI is InChI=1S/C25H21NO6/c1-14-10-17-11-16(7-8-20(17)32-14)23(28)21-22(15-4-2-5-18(27)12-15)26(25(30)24(21)29)13-19-6-3-9-31-19/h2-9,11-12,14,22,27-28H,10,13H2,1H3. The average molecular weight is 431 g/mol. The Kier molecular flexibility index (Phi) is 4.74. The molecule has 3 aromatic rings. The normalized spacial score (nSPS) is 21.6. The van der Waals surface area contributed by atoms with Crippen LogP contribution in [-0.2, 0) is 22.6 Å². The molecule has 2 aliphatic heterocycles. The average Bonchev–Trinajstić information content (AvgIpc) is 3.47. The first-order chi connectivity index (χ1) is 15.4. The van der Waals surface area contributed by atoms with Gasteiger partial charge in [0.25, 0.3) is 11.7 Å². The summed E-state index contributed by atoms with van der Waals surface area (Å²) in [7, 11) is 0. The lowest BCUT2D eigenvalue weighted by atomic mass is 9.94. The van der Waals surface area contributed by atoms with Gasteiger partial charge >= 0.3 is 0 Å². The number of aliphatic hydroxyl groups excluding tert-OH is 1. The van der Waals surface area contributed by atoms with Gasteiger partial charge in [-0.15, -0.1) is 0 Å². The Morgan fingerprint density at radius 3 is 2.72 bits per heavy atom. The monoisotopic (exact) mass is 431 g/mol. The number of carbonyl (C=O) groups is 2. The van der Waals surface area contributed by atoms with Gasteiger partial charge < -0.3 is 24.3 Å². The van der Waals surface area contributed by atoms with Crippen LogP contribution in [0.3, 0.4) is 0 Å². The summed E-state index contributed by atoms with van der Waals surface area (Å²) in [5.74, 6) is -0.546. The van der Waals surface area contributed by atoms with E-state index in [9.17, 15) is 19.8 Å². The van der Waals surface area contributed by atoms with Crippen molar-refractivity contribution >= 4 is 17.4 Å². The smallest absolute Gasteiger partial charge is 0.296 e. The number of ketones is 1. The molecule has 0 radical (unpaired) electrons. The quantitative estimate of drug-likeness (QED) is 0.369. The molecular formula is C25H21NO6. The van der Waals surface area contributed by atoms with Crippen molar-refractivity contribution in [3.05, 3.63) is 88.9 Å². The number of hydrogen-bond acceptors (Lipinski definition) is 6. The van der Waals surface area contributed by atoms with E-state index in [0.29, 0.717) is 23.3 Å². The number of amides is 1. The van der Waals surface area contributed by atoms with Crippen LogP contribution in [0.2, 0.25) is 0 Å². The number of hydrogen-bond donors (Lipinski definition) is 2. The molecule has 2 aromatic carbocycles. The van der Waals surface area contributed by atoms with E-state index in [1.165, 1.54) is 23.3 Å². The van der Waals surface area contributed by atoms with Crippen molar-refractivity contribution in [1.82, 2.24) is 4.90 Å². The van der Waals surface area contributed by atoms with Crippen molar-refractivity contribution in [1.29, 1.82) is 0 Å². The lowest BCUT2D eigenvalue weighted by Crippen LogP contribution is -2.29. The van der Waals surface area contributed by atoms with Gasteiger partial charge in [0.15, 0.2) is 0 Å². The number of likely N-dealkylation sites (tertiary alicyclic amines) is 1. The molecule has 1 aromatic heterocycles. The summed E-state index contributed by atoms with van der Waals surface area (Å²) in [6, 6.07) is 14.1. The highest BCUT2D eigenvalue weighted by Gasteiger charge is 2.46. The predicted molar refractivity (Wildman–Crippen MR) is 115 cm³/mol. The molecule has 0 aliphatic carbocycles. The minimum absolute atomic E-state index is 0.00486. The second-order valence-corrected chi connectivity index (χ2v) is 8.06. The number of nitrogens with zero attached hydrogens (tertiary/aromatic N) is 1. The fourth-order valence-electron chi connectivity index (χ4n) is 4.38. The number of fused-ring (bicyclic) bond motifs is 1. The van der Waals surface area contributed by atoms with Crippen LogP contribution >= 0.6 is 0 Å². The van der Waals surface area contributed by atoms with Crippen molar-refractivity contribution in [2.75, 3.05) is 0 Å². The molecule has 2 unspecified atom stereocenters. The van der Waals surface area contributed by atoms with Crippen LogP contribution in [-0.4, -0.2) is 32.9 Å². The van der Waals surface area contributed by atoms with E-state index >= 15 is 0 Å². The molecule has 1 amide bonds. The molecular weight excluding hydrogens is 410 g/mol. The number of carbonyl (C=O) groups excluding carboxylic acids is 2. The van der Waals surface area contributed by atoms with Gasteiger partial charge in [-0.3, -0.25) is 9.59 Å². The summed E-state index contributed by atoms with van der Waals surface area (Å²) in [5, 5.41) is 21.2. The molecule has 0 spiro atoms. The number of phenolic OH excluding ortho intramolecular Hbond substituents is 1. The molecule has 1 fully saturated rings. The van der Waals surface area contributed by atoms with E-state index in [4.69, 9.17) is 9.15 Å². The largest absolute Gasteiger partial charge is 0.508 e. The van der Waals surface area contributed by atoms with Crippen LogP contribution < -0.4 is 4.74 Å². The Morgan fingerprint density at radius 2 is 1.97 bits per heavy atom. The van der Waals surface area contributed by atoms with Crippen LogP contribution in [0.25, 0.3) is 5.76 Å². The molecule has 0 bridgehead atoms. The number of furan rings is 1. The highest BCUT2D eigenvalue weighted by Crippen LogP contribution is 2.42. The molecule has 1 saturated heterocycles. The summed E-state index contributed by atoms with van der Waals surface area (Å²) in [5.41, 5.74) is 1.84. The zero-order valence-corrected chi connectivity index (χ0v) is 17.3. The minimum Gasteiger partial charge on any atom is -0.508 e. The number of phenols is 1. The third-order valence-electron chi connectivity index (χ3n) is 5.80. The fourth-order valence-corrected chi connectivity index (χ4v) is 4.38. The molecule has 32 heavy (non-hydrogen) atoms. The van der Waals surface area contributed by atoms with Gasteiger partial charge in [-0.25, -0.2) is 0 Å². The molecule has 7 nitrogen and oxygen atoms in total. The van der Waals surface area contributed by atoms with Crippen molar-refractivity contribution < 1.29 is 29.0 Å². The number of rotatable bonds is 4. The highest BCUT2D eigenvalue weighted by atomic mass is 16.5. The third kappa shape index (κ3) is 3.32. The van der Waals surface area contributed by atoms with E-state index in [2.05, 4.69) is 0 Å². The fraction of sp³-hybridized carbons (Fsp3) is 0.200. The lowest BCUT2D eigenvalue weighted by molar-refractivity contribution is -0.140. The number of Topliss-reactive ketones (excluding diaryl/α,β-unsaturated/α-hetero) is 1. The summed E-state index contributed by atoms with van der Waals surface area (Å²) in [6.45, 7) is 2.01. The maximum atomic E-state index is 13.1. The van der Waals surface area contributed by atoms with Crippen LogP contribution in [0.15, 0.2) is 70.9 Å². The maximum absolute atomic E-state index is 13.1. The van der Waals surface area contributed by atoms with Crippen LogP contribution in [0.5, 0.6) is 11.5 Å². The van der Waals surface area contributed by atoms with E-state index in [1.54, 1.807) is 42.5 Å². The first-order valence-electron chi connectivity index (χ1n) is 10.3. The molecule has 3 heterocycles. The SMILES string of the molecule is CC1Cc2cc(C(O)=C3C(=O)C(=O)N(Cc4ccco4)C3c3cccc(O)c3)ccc2O1. The summed E-state index contributed by atoms with van der Waals surface area (Å²) >= 11 is 0. The van der Waals surface area contributed by atoms with Gasteiger partial charge in [-0.2, -0.15) is 0 Å². The van der Waals surface area contributed by atoms with Crippen LogP contribution in [0, 0.1) is 0 Å². The Bertz CT molecular complexity index is 1240. The van der Waals surface area contributed by atoms with Crippen molar-refractivity contribution in [2.24, 2.45) is 0 Å². The van der Waals surface area contributed by atoms with Gasteiger partial charge in [0, 0.05) is 12.0 Å². The molecule has 2 atom stereocenters. The number of benzene rings is 2. The topological polar surface area (TPSA) is 100 Å². The molecule has 7 heteroatoms. The number of aliphatic hydroxyl groups is 1. The van der Waals surface area contributed by atoms with E-state index in [-0.39, 0.29) is 29.7 Å². The van der Waals surface area contributed by atoms with E-state index in [1.807, 2.05) is 6.92 Å². The molecule has 5 rings (SSSR count). The first kappa shape index (κ1) is 19.9. The first-order valence-corrected chi connectivity index (χ1v) is 10.3. The molecule has 162 valence electrons. The number of ether oxygens (including phenoxy) is 1. The maximum Gasteiger partial charge on any atom is 0.296 e. The number of aromatic hydroxyl groups is 1. The second-order valence-electron chi connectivity index (χ2n) is 8.06. The Balaban J connectivity index is 1.64. The molecule has 2 aliphatic rings. The van der Waals surface area contributed by atoms with Gasteiger partial charge in [0.1, 0.15) is 29.1 Å². The van der Waals surface area contributed by atoms with E-state index in [0.717, 1.165) is 11.3 Å². The van der Waals surface area contributed by atoms with Gasteiger partial charge in [0.2, 0.25) is 0 Å². The van der Waals surface area contributed by atoms with Crippen molar-refractivity contribution in [2.45, 2.75) is 32.0 Å². The van der Waals surface area contributed by atoms with Crippen molar-refractivity contribution in [3.8, 4) is 11.5 Å². The van der Waals surface area contributed by atoms with E-state index < -0.39 is 17.7 Å². The van der Waals surface area contributed by atoms with Crippen LogP contribution in [0.4, 0.5) is 0 Å². The van der Waals surface area contributed by atoms with Gasteiger partial charge in [-0.1, -0.05) is 12.1 Å². The Morgan fingerprint density at radius 1 is 1.12 bits per heavy atom. The summed E-state index contributed by atoms with van der Waals surface area (Å²) in [6.07, 6.45) is 2.22. The lowest BCUT2D eigenvalue weighted by Gasteiger charge is -2.24. The Labute approximate surface area is 184 Å². The predicted octanol–water partition coefficient (Wildman–Crippen LogP) is 3.93. The second kappa shape index (κ2) is 7.60. The summed E-state index contributed by atoms with van der Waals surface area (Å²) < 4.78 is 11.1. The van der Waals surface area contributed by atoms with Gasteiger partial charge in [-0.05, 0) is 60.5 Å². The summed E-state index contributed by atoms with van der Waals surface area (Å²) in [4.78, 5) is 27.4. The Hall–Kier alpha value is -4.00. The molecule has 2 N–H and O–H groups in total. The van der Waals surface area contributed by atoms with Crippen LogP contribution in [0.1, 0.15) is 35.4 Å². The minimum atomic E-state index is -0.879. The molecule has 0 saturated carbocycles. The van der Waals surface area contributed by atoms with Crippen molar-refractivity contribution in [3.63, 3.8) is 0 Å². The highest BCUT2D eigenvalue weighted by molar-refractivity contribution is 6.46. The van der Waals surface area contributed by atoms with Gasteiger partial charge in [0.05, 0.1) is 24.4 Å². The third-order valence-corrected chi connectivity index (χ3v) is 5.80. The zero-order chi connectivity index (χ0) is 22.4.